The Labute approximate surface area is 146 Å². The number of amides is 2. The molecule has 130 valence electrons. The molecule has 0 saturated carbocycles. The maximum Gasteiger partial charge on any atom is 0.256 e. The average Bonchev–Trinajstić information content (AvgIpc) is 2.88. The van der Waals surface area contributed by atoms with Gasteiger partial charge in [-0.1, -0.05) is 12.1 Å². The Hall–Kier alpha value is -3.02. The van der Waals surface area contributed by atoms with Crippen LogP contribution in [-0.4, -0.2) is 32.1 Å². The fourth-order valence-corrected chi connectivity index (χ4v) is 2.90. The first-order chi connectivity index (χ1) is 12.0. The maximum atomic E-state index is 12.8. The normalized spacial score (nSPS) is 16.9. The van der Waals surface area contributed by atoms with E-state index in [4.69, 9.17) is 9.47 Å². The van der Waals surface area contributed by atoms with E-state index in [0.29, 0.717) is 17.2 Å². The molecule has 1 aliphatic rings. The van der Waals surface area contributed by atoms with Gasteiger partial charge in [0.1, 0.15) is 17.5 Å². The van der Waals surface area contributed by atoms with Crippen LogP contribution in [0.25, 0.3) is 0 Å². The second-order valence-corrected chi connectivity index (χ2v) is 5.88. The molecule has 0 radical (unpaired) electrons. The molecule has 0 aliphatic carbocycles. The highest BCUT2D eigenvalue weighted by molar-refractivity contribution is 6.23. The second kappa shape index (κ2) is 6.84. The van der Waals surface area contributed by atoms with Crippen LogP contribution >= 0.6 is 0 Å². The van der Waals surface area contributed by atoms with E-state index in [-0.39, 0.29) is 18.2 Å². The molecule has 2 aromatic carbocycles. The molecule has 2 amide bonds. The van der Waals surface area contributed by atoms with Crippen molar-refractivity contribution >= 4 is 23.2 Å². The number of methoxy groups -OCH3 is 2. The number of nitrogens with zero attached hydrogens (tertiary/aromatic N) is 1. The van der Waals surface area contributed by atoms with Crippen molar-refractivity contribution < 1.29 is 19.1 Å². The van der Waals surface area contributed by atoms with Crippen LogP contribution in [0.3, 0.4) is 0 Å². The number of nitrogens with one attached hydrogen (secondary N) is 1. The number of imide groups is 1. The Bertz CT molecular complexity index is 819. The summed E-state index contributed by atoms with van der Waals surface area (Å²) in [5, 5.41) is 3.14. The van der Waals surface area contributed by atoms with Crippen LogP contribution in [0.1, 0.15) is 12.0 Å². The topological polar surface area (TPSA) is 67.9 Å². The molecule has 2 aromatic rings. The van der Waals surface area contributed by atoms with Crippen LogP contribution in [0.5, 0.6) is 11.5 Å². The molecular formula is C19H20N2O4. The molecule has 3 rings (SSSR count). The molecule has 1 saturated heterocycles. The number of ether oxygens (including phenoxy) is 2. The number of carbonyl (C=O) groups is 2. The van der Waals surface area contributed by atoms with Gasteiger partial charge in [-0.25, -0.2) is 4.90 Å². The molecule has 6 nitrogen and oxygen atoms in total. The van der Waals surface area contributed by atoms with Crippen molar-refractivity contribution in [2.75, 3.05) is 24.4 Å². The maximum absolute atomic E-state index is 12.8. The average molecular weight is 340 g/mol. The third-order valence-corrected chi connectivity index (χ3v) is 4.13. The number of benzene rings is 2. The van der Waals surface area contributed by atoms with Gasteiger partial charge in [-0.05, 0) is 36.8 Å². The summed E-state index contributed by atoms with van der Waals surface area (Å²) < 4.78 is 10.5. The molecule has 0 spiro atoms. The van der Waals surface area contributed by atoms with Gasteiger partial charge in [0.25, 0.3) is 5.91 Å². The van der Waals surface area contributed by atoms with E-state index in [1.165, 1.54) is 12.0 Å². The quantitative estimate of drug-likeness (QED) is 0.848. The van der Waals surface area contributed by atoms with Crippen molar-refractivity contribution in [1.82, 2.24) is 0 Å². The van der Waals surface area contributed by atoms with Crippen molar-refractivity contribution in [2.45, 2.75) is 19.4 Å². The van der Waals surface area contributed by atoms with Gasteiger partial charge in [-0.3, -0.25) is 9.59 Å². The van der Waals surface area contributed by atoms with Crippen LogP contribution in [0, 0.1) is 6.92 Å². The minimum Gasteiger partial charge on any atom is -0.497 e. The third-order valence-electron chi connectivity index (χ3n) is 4.13. The highest BCUT2D eigenvalue weighted by Crippen LogP contribution is 2.35. The standard InChI is InChI=1S/C19H20N2O4/c1-12-5-4-6-13(9-12)20-15-11-18(22)21(19(15)23)16-8-7-14(24-2)10-17(16)25-3/h4-10,15,20H,11H2,1-3H3/t15-/m0/s1. The Balaban J connectivity index is 1.86. The lowest BCUT2D eigenvalue weighted by Crippen LogP contribution is -2.35. The molecular weight excluding hydrogens is 320 g/mol. The number of rotatable bonds is 5. The molecule has 1 N–H and O–H groups in total. The largest absolute Gasteiger partial charge is 0.497 e. The summed E-state index contributed by atoms with van der Waals surface area (Å²) in [5.74, 6) is 0.444. The number of hydrogen-bond donors (Lipinski definition) is 1. The zero-order chi connectivity index (χ0) is 18.0. The van der Waals surface area contributed by atoms with Gasteiger partial charge in [-0.2, -0.15) is 0 Å². The molecule has 0 bridgehead atoms. The second-order valence-electron chi connectivity index (χ2n) is 5.88. The fraction of sp³-hybridized carbons (Fsp3) is 0.263. The van der Waals surface area contributed by atoms with Gasteiger partial charge in [0, 0.05) is 11.8 Å². The number of hydrogen-bond acceptors (Lipinski definition) is 5. The zero-order valence-corrected chi connectivity index (χ0v) is 14.4. The summed E-state index contributed by atoms with van der Waals surface area (Å²) in [6, 6.07) is 12.1. The number of aryl methyl sites for hydroxylation is 1. The lowest BCUT2D eigenvalue weighted by Gasteiger charge is -2.19. The SMILES string of the molecule is COc1ccc(N2C(=O)C[C@H](Nc3cccc(C)c3)C2=O)c(OC)c1. The highest BCUT2D eigenvalue weighted by atomic mass is 16.5. The summed E-state index contributed by atoms with van der Waals surface area (Å²) in [5.41, 5.74) is 2.32. The first kappa shape index (κ1) is 16.8. The van der Waals surface area contributed by atoms with Gasteiger partial charge in [0.15, 0.2) is 0 Å². The van der Waals surface area contributed by atoms with Gasteiger partial charge in [0.05, 0.1) is 26.3 Å². The summed E-state index contributed by atoms with van der Waals surface area (Å²) in [6.45, 7) is 1.97. The molecule has 1 fully saturated rings. The molecule has 1 atom stereocenters. The Morgan fingerprint density at radius 2 is 1.88 bits per heavy atom. The summed E-state index contributed by atoms with van der Waals surface area (Å²) in [6.07, 6.45) is 0.0992. The van der Waals surface area contributed by atoms with E-state index in [1.54, 1.807) is 25.3 Å². The van der Waals surface area contributed by atoms with Crippen LogP contribution in [0.2, 0.25) is 0 Å². The van der Waals surface area contributed by atoms with E-state index in [0.717, 1.165) is 11.3 Å². The van der Waals surface area contributed by atoms with Crippen molar-refractivity contribution in [3.63, 3.8) is 0 Å². The minimum atomic E-state index is -0.596. The van der Waals surface area contributed by atoms with Crippen LogP contribution in [0.15, 0.2) is 42.5 Å². The number of carbonyl (C=O) groups excluding carboxylic acids is 2. The molecule has 0 unspecified atom stereocenters. The summed E-state index contributed by atoms with van der Waals surface area (Å²) in [7, 11) is 3.04. The first-order valence-electron chi connectivity index (χ1n) is 7.95. The predicted octanol–water partition coefficient (Wildman–Crippen LogP) is 2.76. The predicted molar refractivity (Wildman–Crippen MR) is 95.2 cm³/mol. The lowest BCUT2D eigenvalue weighted by atomic mass is 10.2. The van der Waals surface area contributed by atoms with Gasteiger partial charge in [-0.15, -0.1) is 0 Å². The summed E-state index contributed by atoms with van der Waals surface area (Å²) in [4.78, 5) is 26.4. The fourth-order valence-electron chi connectivity index (χ4n) is 2.90. The van der Waals surface area contributed by atoms with Crippen LogP contribution < -0.4 is 19.7 Å². The van der Waals surface area contributed by atoms with Crippen molar-refractivity contribution in [3.05, 3.63) is 48.0 Å². The third kappa shape index (κ3) is 3.28. The van der Waals surface area contributed by atoms with Gasteiger partial charge >= 0.3 is 0 Å². The van der Waals surface area contributed by atoms with Crippen LogP contribution in [-0.2, 0) is 9.59 Å². The van der Waals surface area contributed by atoms with E-state index in [2.05, 4.69) is 5.32 Å². The lowest BCUT2D eigenvalue weighted by molar-refractivity contribution is -0.121. The zero-order valence-electron chi connectivity index (χ0n) is 14.4. The Morgan fingerprint density at radius 3 is 2.56 bits per heavy atom. The van der Waals surface area contributed by atoms with E-state index >= 15 is 0 Å². The molecule has 1 aliphatic heterocycles. The van der Waals surface area contributed by atoms with E-state index < -0.39 is 6.04 Å². The van der Waals surface area contributed by atoms with Crippen molar-refractivity contribution in [2.24, 2.45) is 0 Å². The number of anilines is 2. The van der Waals surface area contributed by atoms with Crippen molar-refractivity contribution in [3.8, 4) is 11.5 Å². The van der Waals surface area contributed by atoms with Crippen molar-refractivity contribution in [1.29, 1.82) is 0 Å². The Morgan fingerprint density at radius 1 is 1.08 bits per heavy atom. The van der Waals surface area contributed by atoms with E-state index in [9.17, 15) is 9.59 Å². The van der Waals surface area contributed by atoms with Gasteiger partial charge in [0.2, 0.25) is 5.91 Å². The van der Waals surface area contributed by atoms with Crippen LogP contribution in [0.4, 0.5) is 11.4 Å². The molecule has 25 heavy (non-hydrogen) atoms. The first-order valence-corrected chi connectivity index (χ1v) is 7.95. The molecule has 1 heterocycles. The smallest absolute Gasteiger partial charge is 0.256 e. The summed E-state index contributed by atoms with van der Waals surface area (Å²) >= 11 is 0. The Kier molecular flexibility index (Phi) is 4.61. The van der Waals surface area contributed by atoms with Gasteiger partial charge < -0.3 is 14.8 Å². The monoisotopic (exact) mass is 340 g/mol. The molecule has 6 heteroatoms. The highest BCUT2D eigenvalue weighted by Gasteiger charge is 2.40. The van der Waals surface area contributed by atoms with E-state index in [1.807, 2.05) is 31.2 Å². The molecule has 0 aromatic heterocycles. The minimum absolute atomic E-state index is 0.0992.